The fourth-order valence-corrected chi connectivity index (χ4v) is 1.44. The zero-order valence-corrected chi connectivity index (χ0v) is 9.99. The number of anilines is 1. The van der Waals surface area contributed by atoms with Crippen molar-refractivity contribution in [3.05, 3.63) is 29.3 Å². The number of hydrogen-bond acceptors (Lipinski definition) is 1. The van der Waals surface area contributed by atoms with E-state index in [0.717, 1.165) is 12.1 Å². The molecule has 0 fully saturated rings. The molecule has 0 bridgehead atoms. The summed E-state index contributed by atoms with van der Waals surface area (Å²) in [6.45, 7) is 6.18. The molecular weight excluding hydrogens is 212 g/mol. The van der Waals surface area contributed by atoms with Crippen molar-refractivity contribution in [1.29, 1.82) is 0 Å². The summed E-state index contributed by atoms with van der Waals surface area (Å²) in [6.07, 6.45) is 0. The van der Waals surface area contributed by atoms with Crippen LogP contribution in [0.1, 0.15) is 5.56 Å². The Labute approximate surface area is 89.3 Å². The molecule has 0 unspecified atom stereocenters. The minimum Gasteiger partial charge on any atom is -0.394 e. The lowest BCUT2D eigenvalue weighted by Gasteiger charge is -2.04. The van der Waals surface area contributed by atoms with Gasteiger partial charge in [0.05, 0.1) is 0 Å². The quantitative estimate of drug-likeness (QED) is 0.410. The Morgan fingerprint density at radius 3 is 2.00 bits per heavy atom. The van der Waals surface area contributed by atoms with Crippen LogP contribution in [0.3, 0.4) is 0 Å². The van der Waals surface area contributed by atoms with E-state index in [0.29, 0.717) is 5.56 Å². The molecule has 0 radical (unpaired) electrons. The number of benzene rings is 1. The molecule has 0 saturated heterocycles. The topological polar surface area (TPSA) is 26.0 Å². The zero-order valence-electron chi connectivity index (χ0n) is 8.99. The van der Waals surface area contributed by atoms with Crippen LogP contribution in [0.15, 0.2) is 12.1 Å². The zero-order chi connectivity index (χ0) is 11.6. The van der Waals surface area contributed by atoms with Gasteiger partial charge in [-0.15, -0.1) is 5.54 Å². The Morgan fingerprint density at radius 2 is 1.60 bits per heavy atom. The molecule has 1 rings (SSSR count). The van der Waals surface area contributed by atoms with Gasteiger partial charge in [0.2, 0.25) is 0 Å². The third-order valence-corrected chi connectivity index (χ3v) is 2.54. The average Bonchev–Trinajstić information content (AvgIpc) is 2.09. The third kappa shape index (κ3) is 3.37. The van der Waals surface area contributed by atoms with Crippen molar-refractivity contribution in [3.63, 3.8) is 0 Å². The van der Waals surface area contributed by atoms with Crippen molar-refractivity contribution in [1.82, 2.24) is 0 Å². The lowest BCUT2D eigenvalue weighted by Crippen LogP contribution is -2.16. The van der Waals surface area contributed by atoms with Crippen LogP contribution >= 0.6 is 0 Å². The molecule has 1 aromatic rings. The third-order valence-electron chi connectivity index (χ3n) is 1.66. The molecule has 0 atom stereocenters. The van der Waals surface area contributed by atoms with Crippen LogP contribution in [0, 0.1) is 23.1 Å². The molecule has 0 saturated carbocycles. The van der Waals surface area contributed by atoms with E-state index in [-0.39, 0.29) is 0 Å². The van der Waals surface area contributed by atoms with E-state index >= 15 is 0 Å². The van der Waals surface area contributed by atoms with E-state index < -0.39 is 25.4 Å². The summed E-state index contributed by atoms with van der Waals surface area (Å²) in [7, 11) is -1.53. The van der Waals surface area contributed by atoms with Crippen LogP contribution in [0.25, 0.3) is 0 Å². The first kappa shape index (κ1) is 11.7. The summed E-state index contributed by atoms with van der Waals surface area (Å²) in [4.78, 5) is 0. The smallest absolute Gasteiger partial charge is 0.150 e. The minimum absolute atomic E-state index is 0.335. The molecule has 1 aromatic carbocycles. The second-order valence-electron chi connectivity index (χ2n) is 4.35. The molecule has 0 heterocycles. The second-order valence-corrected chi connectivity index (χ2v) is 9.10. The molecule has 1 nitrogen and oxygen atoms in total. The maximum Gasteiger partial charge on any atom is 0.150 e. The SMILES string of the molecule is C[Si](C)(C)C#Cc1cc(F)c(N)c(F)c1. The molecule has 0 spiro atoms. The number of nitrogens with two attached hydrogens (primary N) is 1. The van der Waals surface area contributed by atoms with E-state index in [1.165, 1.54) is 0 Å². The van der Waals surface area contributed by atoms with Crippen LogP contribution in [-0.4, -0.2) is 8.07 Å². The first-order valence-electron chi connectivity index (χ1n) is 4.57. The second kappa shape index (κ2) is 4.03. The van der Waals surface area contributed by atoms with Gasteiger partial charge in [-0.05, 0) is 12.1 Å². The van der Waals surface area contributed by atoms with Crippen molar-refractivity contribution < 1.29 is 8.78 Å². The van der Waals surface area contributed by atoms with Gasteiger partial charge in [0.15, 0.2) is 0 Å². The average molecular weight is 225 g/mol. The van der Waals surface area contributed by atoms with Gasteiger partial charge in [0, 0.05) is 5.56 Å². The Hall–Kier alpha value is -1.34. The Bertz CT molecular complexity index is 415. The van der Waals surface area contributed by atoms with Crippen LogP contribution in [-0.2, 0) is 0 Å². The monoisotopic (exact) mass is 225 g/mol. The van der Waals surface area contributed by atoms with Crippen LogP contribution in [0.5, 0.6) is 0 Å². The highest BCUT2D eigenvalue weighted by Gasteiger charge is 2.09. The summed E-state index contributed by atoms with van der Waals surface area (Å²) in [5, 5.41) is 0. The first-order chi connectivity index (χ1) is 6.79. The molecule has 0 aromatic heterocycles. The van der Waals surface area contributed by atoms with Gasteiger partial charge in [-0.1, -0.05) is 25.6 Å². The van der Waals surface area contributed by atoms with Crippen LogP contribution in [0.4, 0.5) is 14.5 Å². The number of hydrogen-bond donors (Lipinski definition) is 1. The maximum atomic E-state index is 13.0. The summed E-state index contributed by atoms with van der Waals surface area (Å²) in [6, 6.07) is 2.32. The number of rotatable bonds is 0. The van der Waals surface area contributed by atoms with Crippen LogP contribution < -0.4 is 5.73 Å². The maximum absolute atomic E-state index is 13.0. The van der Waals surface area contributed by atoms with Gasteiger partial charge in [0.25, 0.3) is 0 Å². The van der Waals surface area contributed by atoms with E-state index in [1.807, 2.05) is 0 Å². The van der Waals surface area contributed by atoms with E-state index in [4.69, 9.17) is 5.73 Å². The fourth-order valence-electron chi connectivity index (χ4n) is 0.916. The normalized spacial score (nSPS) is 10.7. The fraction of sp³-hybridized carbons (Fsp3) is 0.273. The lowest BCUT2D eigenvalue weighted by atomic mass is 10.2. The van der Waals surface area contributed by atoms with Crippen molar-refractivity contribution in [2.75, 3.05) is 5.73 Å². The summed E-state index contributed by atoms with van der Waals surface area (Å²) in [5.41, 5.74) is 8.05. The van der Waals surface area contributed by atoms with Gasteiger partial charge in [-0.3, -0.25) is 0 Å². The van der Waals surface area contributed by atoms with Crippen molar-refractivity contribution in [3.8, 4) is 11.5 Å². The van der Waals surface area contributed by atoms with Gasteiger partial charge >= 0.3 is 0 Å². The highest BCUT2D eigenvalue weighted by atomic mass is 28.3. The first-order valence-corrected chi connectivity index (χ1v) is 8.07. The van der Waals surface area contributed by atoms with Gasteiger partial charge in [0.1, 0.15) is 25.4 Å². The number of halogens is 2. The standard InChI is InChI=1S/C11H13F2NSi/c1-15(2,3)5-4-8-6-9(12)11(14)10(13)7-8/h6-7H,14H2,1-3H3. The van der Waals surface area contributed by atoms with Gasteiger partial charge in [-0.25, -0.2) is 8.78 Å². The summed E-state index contributed by atoms with van der Waals surface area (Å²) >= 11 is 0. The van der Waals surface area contributed by atoms with E-state index in [9.17, 15) is 8.78 Å². The molecule has 0 amide bonds. The summed E-state index contributed by atoms with van der Waals surface area (Å²) in [5.74, 6) is 1.26. The number of nitrogen functional groups attached to an aromatic ring is 1. The van der Waals surface area contributed by atoms with Crippen LogP contribution in [0.2, 0.25) is 19.6 Å². The van der Waals surface area contributed by atoms with E-state index in [2.05, 4.69) is 31.1 Å². The molecule has 0 aliphatic rings. The Kier molecular flexibility index (Phi) is 3.15. The predicted octanol–water partition coefficient (Wildman–Crippen LogP) is 2.78. The van der Waals surface area contributed by atoms with Crippen molar-refractivity contribution >= 4 is 13.8 Å². The molecule has 2 N–H and O–H groups in total. The summed E-state index contributed by atoms with van der Waals surface area (Å²) < 4.78 is 26.1. The Morgan fingerprint density at radius 1 is 1.13 bits per heavy atom. The van der Waals surface area contributed by atoms with Crippen molar-refractivity contribution in [2.45, 2.75) is 19.6 Å². The minimum atomic E-state index is -1.53. The van der Waals surface area contributed by atoms with Gasteiger partial charge < -0.3 is 5.73 Å². The largest absolute Gasteiger partial charge is 0.394 e. The highest BCUT2D eigenvalue weighted by molar-refractivity contribution is 6.83. The molecule has 15 heavy (non-hydrogen) atoms. The lowest BCUT2D eigenvalue weighted by molar-refractivity contribution is 0.591. The Balaban J connectivity index is 3.12. The predicted molar refractivity (Wildman–Crippen MR) is 61.0 cm³/mol. The molecule has 0 aliphatic carbocycles. The molecule has 0 aliphatic heterocycles. The highest BCUT2D eigenvalue weighted by Crippen LogP contribution is 2.16. The van der Waals surface area contributed by atoms with Crippen molar-refractivity contribution in [2.24, 2.45) is 0 Å². The molecule has 80 valence electrons. The molecule has 4 heteroatoms. The van der Waals surface area contributed by atoms with E-state index in [1.54, 1.807) is 0 Å². The molecular formula is C11H13F2NSi. The van der Waals surface area contributed by atoms with Gasteiger partial charge in [-0.2, -0.15) is 0 Å².